The van der Waals surface area contributed by atoms with Gasteiger partial charge in [0.2, 0.25) is 5.91 Å². The summed E-state index contributed by atoms with van der Waals surface area (Å²) in [6.07, 6.45) is 0.414. The van der Waals surface area contributed by atoms with Crippen LogP contribution in [0, 0.1) is 0 Å². The number of hydrogen-bond acceptors (Lipinski definition) is 5. The highest BCUT2D eigenvalue weighted by Crippen LogP contribution is 2.26. The molecule has 2 aromatic heterocycles. The van der Waals surface area contributed by atoms with Crippen molar-refractivity contribution in [2.75, 3.05) is 5.32 Å². The van der Waals surface area contributed by atoms with Crippen LogP contribution < -0.4 is 11.1 Å². The molecule has 0 radical (unpaired) electrons. The van der Waals surface area contributed by atoms with E-state index in [1.165, 1.54) is 11.3 Å². The molecule has 3 aromatic rings. The number of thiazole rings is 1. The zero-order chi connectivity index (χ0) is 14.1. The number of hydrogen-bond donors (Lipinski definition) is 2. The van der Waals surface area contributed by atoms with Crippen LogP contribution in [-0.2, 0) is 4.79 Å². The highest BCUT2D eigenvalue weighted by Gasteiger charge is 2.09. The van der Waals surface area contributed by atoms with Gasteiger partial charge in [0.25, 0.3) is 0 Å². The van der Waals surface area contributed by atoms with Crippen LogP contribution in [0.2, 0.25) is 0 Å². The lowest BCUT2D eigenvalue weighted by Gasteiger charge is -1.97. The van der Waals surface area contributed by atoms with E-state index in [1.807, 2.05) is 11.4 Å². The van der Waals surface area contributed by atoms with Gasteiger partial charge in [-0.05, 0) is 18.2 Å². The predicted molar refractivity (Wildman–Crippen MR) is 76.9 cm³/mol. The zero-order valence-electron chi connectivity index (χ0n) is 10.6. The van der Waals surface area contributed by atoms with Gasteiger partial charge in [0.05, 0.1) is 11.2 Å². The lowest BCUT2D eigenvalue weighted by Crippen LogP contribution is -2.08. The third kappa shape index (κ3) is 2.35. The number of fused-ring (bicyclic) bond motifs is 1. The summed E-state index contributed by atoms with van der Waals surface area (Å²) in [7, 11) is 0. The molecule has 0 atom stereocenters. The molecule has 3 rings (SSSR count). The molecule has 1 aromatic carbocycles. The smallest absolute Gasteiger partial charge is 0.408 e. The van der Waals surface area contributed by atoms with Crippen LogP contribution in [0.3, 0.4) is 0 Å². The van der Waals surface area contributed by atoms with Gasteiger partial charge in [0, 0.05) is 17.4 Å². The van der Waals surface area contributed by atoms with Crippen molar-refractivity contribution in [3.8, 4) is 11.3 Å². The highest BCUT2D eigenvalue weighted by atomic mass is 32.1. The van der Waals surface area contributed by atoms with Crippen LogP contribution in [0.25, 0.3) is 22.4 Å². The topological polar surface area (TPSA) is 88.0 Å². The van der Waals surface area contributed by atoms with E-state index < -0.39 is 5.76 Å². The molecule has 0 saturated heterocycles. The molecular formula is C13H11N3O3S. The number of amides is 1. The summed E-state index contributed by atoms with van der Waals surface area (Å²) >= 11 is 1.36. The third-order valence-corrected chi connectivity index (χ3v) is 3.54. The van der Waals surface area contributed by atoms with Crippen molar-refractivity contribution in [1.29, 1.82) is 0 Å². The SMILES string of the molecule is CCC(=O)Nc1nc(-c2ccc3oc(=O)[nH]c3c2)cs1. The van der Waals surface area contributed by atoms with E-state index >= 15 is 0 Å². The summed E-state index contributed by atoms with van der Waals surface area (Å²) in [6, 6.07) is 5.33. The Kier molecular flexibility index (Phi) is 3.11. The molecule has 7 heteroatoms. The first-order valence-corrected chi connectivity index (χ1v) is 6.92. The summed E-state index contributed by atoms with van der Waals surface area (Å²) in [5.41, 5.74) is 2.72. The standard InChI is InChI=1S/C13H11N3O3S/c1-2-11(17)16-12-14-9(6-20-12)7-3-4-10-8(5-7)15-13(18)19-10/h3-6H,2H2,1H3,(H,15,18)(H,14,16,17). The number of anilines is 1. The van der Waals surface area contributed by atoms with Crippen molar-refractivity contribution in [1.82, 2.24) is 9.97 Å². The van der Waals surface area contributed by atoms with Gasteiger partial charge in [-0.25, -0.2) is 9.78 Å². The van der Waals surface area contributed by atoms with Crippen molar-refractivity contribution in [3.63, 3.8) is 0 Å². The fourth-order valence-corrected chi connectivity index (χ4v) is 2.52. The Bertz CT molecular complexity index is 831. The normalized spacial score (nSPS) is 10.8. The molecule has 6 nitrogen and oxygen atoms in total. The number of aromatic nitrogens is 2. The molecular weight excluding hydrogens is 278 g/mol. The van der Waals surface area contributed by atoms with E-state index in [1.54, 1.807) is 19.1 Å². The number of aromatic amines is 1. The molecule has 0 aliphatic rings. The lowest BCUT2D eigenvalue weighted by molar-refractivity contribution is -0.115. The number of benzene rings is 1. The van der Waals surface area contributed by atoms with Gasteiger partial charge in [0.1, 0.15) is 0 Å². The third-order valence-electron chi connectivity index (χ3n) is 2.79. The van der Waals surface area contributed by atoms with E-state index in [-0.39, 0.29) is 5.91 Å². The monoisotopic (exact) mass is 289 g/mol. The second kappa shape index (κ2) is 4.93. The largest absolute Gasteiger partial charge is 0.417 e. The second-order valence-corrected chi connectivity index (χ2v) is 5.02. The number of carbonyl (C=O) groups excluding carboxylic acids is 1. The minimum atomic E-state index is -0.480. The number of rotatable bonds is 3. The number of oxazole rings is 1. The molecule has 20 heavy (non-hydrogen) atoms. The Morgan fingerprint density at radius 3 is 3.15 bits per heavy atom. The van der Waals surface area contributed by atoms with E-state index in [9.17, 15) is 9.59 Å². The van der Waals surface area contributed by atoms with Crippen LogP contribution >= 0.6 is 11.3 Å². The van der Waals surface area contributed by atoms with Crippen LogP contribution in [0.5, 0.6) is 0 Å². The molecule has 0 unspecified atom stereocenters. The Balaban J connectivity index is 1.94. The molecule has 2 heterocycles. The first-order valence-electron chi connectivity index (χ1n) is 6.04. The average molecular weight is 289 g/mol. The van der Waals surface area contributed by atoms with Crippen LogP contribution in [0.15, 0.2) is 32.8 Å². The fourth-order valence-electron chi connectivity index (χ4n) is 1.78. The number of nitrogens with one attached hydrogen (secondary N) is 2. The van der Waals surface area contributed by atoms with Gasteiger partial charge >= 0.3 is 5.76 Å². The number of carbonyl (C=O) groups is 1. The van der Waals surface area contributed by atoms with E-state index in [0.29, 0.717) is 22.7 Å². The fraction of sp³-hybridized carbons (Fsp3) is 0.154. The molecule has 0 aliphatic carbocycles. The van der Waals surface area contributed by atoms with Gasteiger partial charge in [-0.1, -0.05) is 6.92 Å². The summed E-state index contributed by atoms with van der Waals surface area (Å²) in [6.45, 7) is 1.78. The lowest BCUT2D eigenvalue weighted by atomic mass is 10.1. The van der Waals surface area contributed by atoms with Crippen LogP contribution in [-0.4, -0.2) is 15.9 Å². The van der Waals surface area contributed by atoms with E-state index in [0.717, 1.165) is 11.3 Å². The van der Waals surface area contributed by atoms with Crippen molar-refractivity contribution in [2.45, 2.75) is 13.3 Å². The quantitative estimate of drug-likeness (QED) is 0.775. The Morgan fingerprint density at radius 2 is 2.35 bits per heavy atom. The van der Waals surface area contributed by atoms with Crippen molar-refractivity contribution in [3.05, 3.63) is 34.1 Å². The van der Waals surface area contributed by atoms with Gasteiger partial charge in [0.15, 0.2) is 10.7 Å². The maximum atomic E-state index is 11.3. The Morgan fingerprint density at radius 1 is 1.50 bits per heavy atom. The molecule has 0 spiro atoms. The predicted octanol–water partition coefficient (Wildman–Crippen LogP) is 2.59. The molecule has 0 bridgehead atoms. The minimum Gasteiger partial charge on any atom is -0.408 e. The average Bonchev–Trinajstić information content (AvgIpc) is 3.02. The van der Waals surface area contributed by atoms with Crippen molar-refractivity contribution in [2.24, 2.45) is 0 Å². The molecule has 0 saturated carbocycles. The molecule has 0 aliphatic heterocycles. The summed E-state index contributed by atoms with van der Waals surface area (Å²) < 4.78 is 4.95. The molecule has 2 N–H and O–H groups in total. The maximum absolute atomic E-state index is 11.3. The molecule has 102 valence electrons. The van der Waals surface area contributed by atoms with E-state index in [4.69, 9.17) is 4.42 Å². The van der Waals surface area contributed by atoms with E-state index in [2.05, 4.69) is 15.3 Å². The summed E-state index contributed by atoms with van der Waals surface area (Å²) in [5, 5.41) is 5.13. The Labute approximate surface area is 117 Å². The van der Waals surface area contributed by atoms with Crippen LogP contribution in [0.1, 0.15) is 13.3 Å². The second-order valence-electron chi connectivity index (χ2n) is 4.17. The Hall–Kier alpha value is -2.41. The van der Waals surface area contributed by atoms with Gasteiger partial charge in [-0.15, -0.1) is 11.3 Å². The van der Waals surface area contributed by atoms with Gasteiger partial charge in [-0.2, -0.15) is 0 Å². The maximum Gasteiger partial charge on any atom is 0.417 e. The molecule has 0 fully saturated rings. The van der Waals surface area contributed by atoms with Crippen molar-refractivity contribution >= 4 is 33.5 Å². The number of nitrogens with zero attached hydrogens (tertiary/aromatic N) is 1. The summed E-state index contributed by atoms with van der Waals surface area (Å²) in [4.78, 5) is 29.4. The zero-order valence-corrected chi connectivity index (χ0v) is 11.4. The molecule has 1 amide bonds. The first kappa shape index (κ1) is 12.6. The minimum absolute atomic E-state index is 0.0690. The van der Waals surface area contributed by atoms with Crippen molar-refractivity contribution < 1.29 is 9.21 Å². The summed E-state index contributed by atoms with van der Waals surface area (Å²) in [5.74, 6) is -0.549. The highest BCUT2D eigenvalue weighted by molar-refractivity contribution is 7.14. The first-order chi connectivity index (χ1) is 9.65. The number of H-pyrrole nitrogens is 1. The van der Waals surface area contributed by atoms with Crippen LogP contribution in [0.4, 0.5) is 5.13 Å². The van der Waals surface area contributed by atoms with Gasteiger partial charge in [-0.3, -0.25) is 9.78 Å². The van der Waals surface area contributed by atoms with Gasteiger partial charge < -0.3 is 9.73 Å².